The van der Waals surface area contributed by atoms with Gasteiger partial charge in [-0.05, 0) is 30.2 Å². The topological polar surface area (TPSA) is 58.4 Å². The maximum atomic E-state index is 13.7. The molecule has 6 heteroatoms. The summed E-state index contributed by atoms with van der Waals surface area (Å²) in [5.41, 5.74) is 3.28. The van der Waals surface area contributed by atoms with Gasteiger partial charge < -0.3 is 10.3 Å². The maximum absolute atomic E-state index is 13.7. The van der Waals surface area contributed by atoms with Crippen LogP contribution in [0.1, 0.15) is 15.9 Å². The van der Waals surface area contributed by atoms with Crippen LogP contribution in [0, 0.1) is 11.6 Å². The zero-order chi connectivity index (χ0) is 15.0. The van der Waals surface area contributed by atoms with Gasteiger partial charge in [-0.3, -0.25) is 10.6 Å². The standard InChI is InChI=1S/C15H13F2N3O/c16-11-7-10(8-12(17)14(11)19-18)15(21)20-6-5-9-3-1-2-4-13(9)20/h1-4,7-8,19H,5-6,18H2. The molecule has 1 aliphatic heterocycles. The van der Waals surface area contributed by atoms with Crippen LogP contribution in [0.5, 0.6) is 0 Å². The number of halogens is 2. The van der Waals surface area contributed by atoms with Gasteiger partial charge in [0.25, 0.3) is 5.91 Å². The molecule has 3 rings (SSSR count). The van der Waals surface area contributed by atoms with E-state index in [9.17, 15) is 13.6 Å². The molecule has 0 radical (unpaired) electrons. The van der Waals surface area contributed by atoms with E-state index in [1.807, 2.05) is 29.7 Å². The average molecular weight is 289 g/mol. The van der Waals surface area contributed by atoms with E-state index in [4.69, 9.17) is 5.84 Å². The van der Waals surface area contributed by atoms with Crippen molar-refractivity contribution in [2.24, 2.45) is 5.84 Å². The number of benzene rings is 2. The lowest BCUT2D eigenvalue weighted by Crippen LogP contribution is -2.29. The number of nitrogens with two attached hydrogens (primary N) is 1. The molecule has 21 heavy (non-hydrogen) atoms. The zero-order valence-corrected chi connectivity index (χ0v) is 11.1. The number of nitrogens with zero attached hydrogens (tertiary/aromatic N) is 1. The molecular formula is C15H13F2N3O. The molecule has 2 aromatic rings. The monoisotopic (exact) mass is 289 g/mol. The predicted molar refractivity (Wildman–Crippen MR) is 76.0 cm³/mol. The van der Waals surface area contributed by atoms with Crippen molar-refractivity contribution >= 4 is 17.3 Å². The van der Waals surface area contributed by atoms with Crippen LogP contribution < -0.4 is 16.2 Å². The van der Waals surface area contributed by atoms with E-state index < -0.39 is 23.2 Å². The summed E-state index contributed by atoms with van der Waals surface area (Å²) in [5.74, 6) is 2.82. The highest BCUT2D eigenvalue weighted by molar-refractivity contribution is 6.07. The number of hydrazine groups is 1. The van der Waals surface area contributed by atoms with E-state index in [2.05, 4.69) is 0 Å². The van der Waals surface area contributed by atoms with Gasteiger partial charge in [-0.1, -0.05) is 18.2 Å². The van der Waals surface area contributed by atoms with Crippen molar-refractivity contribution in [2.45, 2.75) is 6.42 Å². The minimum atomic E-state index is -0.895. The Morgan fingerprint density at radius 1 is 1.19 bits per heavy atom. The van der Waals surface area contributed by atoms with E-state index in [1.165, 1.54) is 4.90 Å². The molecule has 0 spiro atoms. The number of rotatable bonds is 2. The molecule has 0 atom stereocenters. The summed E-state index contributed by atoms with van der Waals surface area (Å²) in [6.45, 7) is 0.498. The maximum Gasteiger partial charge on any atom is 0.258 e. The van der Waals surface area contributed by atoms with E-state index in [-0.39, 0.29) is 5.56 Å². The Hall–Kier alpha value is -2.47. The molecule has 0 unspecified atom stereocenters. The summed E-state index contributed by atoms with van der Waals surface area (Å²) in [4.78, 5) is 14.0. The Balaban J connectivity index is 1.97. The number of nitrogens with one attached hydrogen (secondary N) is 1. The molecule has 1 heterocycles. The highest BCUT2D eigenvalue weighted by Crippen LogP contribution is 2.29. The van der Waals surface area contributed by atoms with Crippen LogP contribution in [-0.4, -0.2) is 12.5 Å². The fraction of sp³-hybridized carbons (Fsp3) is 0.133. The van der Waals surface area contributed by atoms with Crippen molar-refractivity contribution in [1.82, 2.24) is 0 Å². The Bertz CT molecular complexity index is 695. The van der Waals surface area contributed by atoms with Crippen molar-refractivity contribution in [2.75, 3.05) is 16.9 Å². The van der Waals surface area contributed by atoms with Crippen molar-refractivity contribution in [3.8, 4) is 0 Å². The number of hydrogen-bond acceptors (Lipinski definition) is 3. The van der Waals surface area contributed by atoms with Gasteiger partial charge in [0.05, 0.1) is 0 Å². The van der Waals surface area contributed by atoms with Gasteiger partial charge in [-0.2, -0.15) is 0 Å². The molecule has 1 aliphatic rings. The second-order valence-corrected chi connectivity index (χ2v) is 4.79. The van der Waals surface area contributed by atoms with Gasteiger partial charge >= 0.3 is 0 Å². The second kappa shape index (κ2) is 5.14. The third-order valence-corrected chi connectivity index (χ3v) is 3.57. The number of nitrogen functional groups attached to an aromatic ring is 1. The molecule has 0 aliphatic carbocycles. The van der Waals surface area contributed by atoms with Crippen molar-refractivity contribution in [1.29, 1.82) is 0 Å². The SMILES string of the molecule is NNc1c(F)cc(C(=O)N2CCc3ccccc32)cc1F. The lowest BCUT2D eigenvalue weighted by molar-refractivity contribution is 0.0988. The largest absolute Gasteiger partial charge is 0.319 e. The number of hydrogen-bond donors (Lipinski definition) is 2. The number of carbonyl (C=O) groups is 1. The van der Waals surface area contributed by atoms with Crippen LogP contribution >= 0.6 is 0 Å². The normalized spacial score (nSPS) is 13.2. The molecule has 0 saturated heterocycles. The van der Waals surface area contributed by atoms with E-state index in [0.29, 0.717) is 6.54 Å². The smallest absolute Gasteiger partial charge is 0.258 e. The number of amides is 1. The molecule has 2 aromatic carbocycles. The molecule has 0 aromatic heterocycles. The quantitative estimate of drug-likeness (QED) is 0.659. The number of fused-ring (bicyclic) bond motifs is 1. The highest BCUT2D eigenvalue weighted by Gasteiger charge is 2.26. The summed E-state index contributed by atoms with van der Waals surface area (Å²) in [7, 11) is 0. The fourth-order valence-corrected chi connectivity index (χ4v) is 2.54. The molecule has 108 valence electrons. The summed E-state index contributed by atoms with van der Waals surface area (Å²) >= 11 is 0. The number of carbonyl (C=O) groups excluding carboxylic acids is 1. The first-order valence-corrected chi connectivity index (χ1v) is 6.47. The Morgan fingerprint density at radius 2 is 1.86 bits per heavy atom. The molecule has 0 fully saturated rings. The van der Waals surface area contributed by atoms with E-state index in [1.54, 1.807) is 0 Å². The first-order chi connectivity index (χ1) is 10.1. The Labute approximate surface area is 120 Å². The van der Waals surface area contributed by atoms with Gasteiger partial charge in [0.2, 0.25) is 0 Å². The van der Waals surface area contributed by atoms with Crippen LogP contribution in [0.3, 0.4) is 0 Å². The van der Waals surface area contributed by atoms with Gasteiger partial charge in [0, 0.05) is 17.8 Å². The van der Waals surface area contributed by atoms with Crippen LogP contribution in [0.25, 0.3) is 0 Å². The highest BCUT2D eigenvalue weighted by atomic mass is 19.1. The van der Waals surface area contributed by atoms with Crippen molar-refractivity contribution in [3.05, 3.63) is 59.2 Å². The molecule has 0 bridgehead atoms. The minimum Gasteiger partial charge on any atom is -0.319 e. The summed E-state index contributed by atoms with van der Waals surface area (Å²) in [6.07, 6.45) is 0.731. The van der Waals surface area contributed by atoms with Gasteiger partial charge in [-0.25, -0.2) is 8.78 Å². The van der Waals surface area contributed by atoms with Gasteiger partial charge in [-0.15, -0.1) is 0 Å². The number of anilines is 2. The molecule has 1 amide bonds. The Kier molecular flexibility index (Phi) is 3.31. The third kappa shape index (κ3) is 2.23. The van der Waals surface area contributed by atoms with Crippen molar-refractivity contribution in [3.63, 3.8) is 0 Å². The molecule has 3 N–H and O–H groups in total. The van der Waals surface area contributed by atoms with Crippen LogP contribution in [-0.2, 0) is 6.42 Å². The third-order valence-electron chi connectivity index (χ3n) is 3.57. The summed E-state index contributed by atoms with van der Waals surface area (Å²) < 4.78 is 27.4. The average Bonchev–Trinajstić information content (AvgIpc) is 2.90. The van der Waals surface area contributed by atoms with Crippen LogP contribution in [0.4, 0.5) is 20.2 Å². The van der Waals surface area contributed by atoms with Crippen LogP contribution in [0.2, 0.25) is 0 Å². The lowest BCUT2D eigenvalue weighted by Gasteiger charge is -2.18. The van der Waals surface area contributed by atoms with Crippen LogP contribution in [0.15, 0.2) is 36.4 Å². The van der Waals surface area contributed by atoms with E-state index in [0.717, 1.165) is 29.8 Å². The van der Waals surface area contributed by atoms with Crippen molar-refractivity contribution < 1.29 is 13.6 Å². The van der Waals surface area contributed by atoms with E-state index >= 15 is 0 Å². The molecular weight excluding hydrogens is 276 g/mol. The molecule has 4 nitrogen and oxygen atoms in total. The summed E-state index contributed by atoms with van der Waals surface area (Å²) in [5, 5.41) is 0. The first-order valence-electron chi connectivity index (χ1n) is 6.47. The first kappa shape index (κ1) is 13.5. The predicted octanol–water partition coefficient (Wildman–Crippen LogP) is 2.45. The molecule has 0 saturated carbocycles. The van der Waals surface area contributed by atoms with Gasteiger partial charge in [0.1, 0.15) is 5.69 Å². The minimum absolute atomic E-state index is 0.0410. The van der Waals surface area contributed by atoms with Gasteiger partial charge in [0.15, 0.2) is 11.6 Å². The zero-order valence-electron chi connectivity index (χ0n) is 11.1. The Morgan fingerprint density at radius 3 is 2.52 bits per heavy atom. The number of para-hydroxylation sites is 1. The fourth-order valence-electron chi connectivity index (χ4n) is 2.54. The lowest BCUT2D eigenvalue weighted by atomic mass is 10.1. The summed E-state index contributed by atoms with van der Waals surface area (Å²) in [6, 6.07) is 9.46. The second-order valence-electron chi connectivity index (χ2n) is 4.79.